The van der Waals surface area contributed by atoms with E-state index < -0.39 is 0 Å². The van der Waals surface area contributed by atoms with E-state index in [1.54, 1.807) is 10.5 Å². The maximum atomic E-state index is 12.4. The molecule has 1 atom stereocenters. The van der Waals surface area contributed by atoms with Crippen molar-refractivity contribution in [3.05, 3.63) is 62.5 Å². The second kappa shape index (κ2) is 7.09. The monoisotopic (exact) mass is 382 g/mol. The zero-order valence-corrected chi connectivity index (χ0v) is 17.1. The molecule has 2 aromatic heterocycles. The average molecular weight is 383 g/mol. The van der Waals surface area contributed by atoms with Crippen LogP contribution in [0, 0.1) is 12.8 Å². The summed E-state index contributed by atoms with van der Waals surface area (Å²) in [5.74, 6) is 0.633. The van der Waals surface area contributed by atoms with Gasteiger partial charge in [0.2, 0.25) is 0 Å². The van der Waals surface area contributed by atoms with Gasteiger partial charge in [0.1, 0.15) is 0 Å². The normalized spacial score (nSPS) is 15.4. The zero-order chi connectivity index (χ0) is 19.1. The summed E-state index contributed by atoms with van der Waals surface area (Å²) < 4.78 is 1.67. The van der Waals surface area contributed by atoms with E-state index in [2.05, 4.69) is 54.2 Å². The lowest BCUT2D eigenvalue weighted by atomic mass is 10.1. The fourth-order valence-corrected chi connectivity index (χ4v) is 4.59. The van der Waals surface area contributed by atoms with Crippen LogP contribution in [0.5, 0.6) is 0 Å². The number of hydrogen-bond acceptors (Lipinski definition) is 5. The van der Waals surface area contributed by atoms with Crippen molar-refractivity contribution >= 4 is 22.0 Å². The summed E-state index contributed by atoms with van der Waals surface area (Å²) in [5.41, 5.74) is 5.62. The summed E-state index contributed by atoms with van der Waals surface area (Å²) in [6.45, 7) is 11.3. The number of aromatic nitrogens is 2. The molecule has 4 rings (SSSR count). The standard InChI is InChI=1S/C21H26N4OS/c1-13(2)15(4)24-10-16-6-5-7-19(18(16)11-24)22-9-17-8-20(26)25-14(3)12-27-21(25)23-17/h5-8,12-13,15,22H,9-11H2,1-4H3. The molecule has 0 amide bonds. The minimum absolute atomic E-state index is 0.00854. The molecule has 0 saturated heterocycles. The van der Waals surface area contributed by atoms with Crippen molar-refractivity contribution in [2.75, 3.05) is 5.32 Å². The molecule has 5 nitrogen and oxygen atoms in total. The molecule has 1 unspecified atom stereocenters. The molecule has 0 fully saturated rings. The van der Waals surface area contributed by atoms with Gasteiger partial charge in [-0.2, -0.15) is 0 Å². The quantitative estimate of drug-likeness (QED) is 0.724. The second-order valence-corrected chi connectivity index (χ2v) is 8.60. The van der Waals surface area contributed by atoms with Crippen molar-refractivity contribution in [3.63, 3.8) is 0 Å². The van der Waals surface area contributed by atoms with Gasteiger partial charge in [0.25, 0.3) is 5.56 Å². The minimum atomic E-state index is -0.00854. The number of fused-ring (bicyclic) bond motifs is 2. The summed E-state index contributed by atoms with van der Waals surface area (Å²) >= 11 is 1.51. The first-order chi connectivity index (χ1) is 12.9. The Balaban J connectivity index is 1.54. The lowest BCUT2D eigenvalue weighted by Gasteiger charge is -2.27. The van der Waals surface area contributed by atoms with Gasteiger partial charge in [-0.25, -0.2) is 4.98 Å². The highest BCUT2D eigenvalue weighted by Crippen LogP contribution is 2.32. The van der Waals surface area contributed by atoms with Crippen molar-refractivity contribution in [1.29, 1.82) is 0 Å². The first-order valence-corrected chi connectivity index (χ1v) is 10.4. The van der Waals surface area contributed by atoms with Crippen LogP contribution in [0.1, 0.15) is 43.3 Å². The number of anilines is 1. The molecule has 0 radical (unpaired) electrons. The highest BCUT2D eigenvalue weighted by atomic mass is 32.1. The number of nitrogens with zero attached hydrogens (tertiary/aromatic N) is 3. The third-order valence-corrected chi connectivity index (χ3v) is 6.58. The summed E-state index contributed by atoms with van der Waals surface area (Å²) in [7, 11) is 0. The molecule has 142 valence electrons. The maximum Gasteiger partial charge on any atom is 0.259 e. The topological polar surface area (TPSA) is 49.6 Å². The van der Waals surface area contributed by atoms with E-state index >= 15 is 0 Å². The third-order valence-electron chi connectivity index (χ3n) is 5.64. The van der Waals surface area contributed by atoms with Crippen molar-refractivity contribution in [2.24, 2.45) is 5.92 Å². The molecule has 27 heavy (non-hydrogen) atoms. The van der Waals surface area contributed by atoms with Crippen LogP contribution in [0.25, 0.3) is 4.96 Å². The summed E-state index contributed by atoms with van der Waals surface area (Å²) in [6, 6.07) is 8.65. The van der Waals surface area contributed by atoms with Crippen LogP contribution >= 0.6 is 11.3 Å². The average Bonchev–Trinajstić information content (AvgIpc) is 3.23. The van der Waals surface area contributed by atoms with Gasteiger partial charge in [-0.05, 0) is 37.0 Å². The van der Waals surface area contributed by atoms with Crippen molar-refractivity contribution in [3.8, 4) is 0 Å². The van der Waals surface area contributed by atoms with Gasteiger partial charge in [-0.1, -0.05) is 26.0 Å². The lowest BCUT2D eigenvalue weighted by molar-refractivity contribution is 0.170. The Bertz CT molecular complexity index is 1040. The number of hydrogen-bond donors (Lipinski definition) is 1. The third kappa shape index (κ3) is 3.39. The number of rotatable bonds is 5. The SMILES string of the molecule is Cc1csc2nc(CNc3cccc4c3CN(C(C)C(C)C)C4)cc(=O)n12. The second-order valence-electron chi connectivity index (χ2n) is 7.77. The Labute approximate surface area is 163 Å². The Morgan fingerprint density at radius 2 is 2.07 bits per heavy atom. The van der Waals surface area contributed by atoms with Crippen LogP contribution < -0.4 is 10.9 Å². The molecule has 6 heteroatoms. The first kappa shape index (κ1) is 18.2. The lowest BCUT2D eigenvalue weighted by Crippen LogP contribution is -2.32. The van der Waals surface area contributed by atoms with Crippen molar-refractivity contribution < 1.29 is 0 Å². The molecular formula is C21H26N4OS. The summed E-state index contributed by atoms with van der Waals surface area (Å²) in [4.78, 5) is 20.3. The molecule has 0 bridgehead atoms. The molecule has 1 aliphatic heterocycles. The number of nitrogens with one attached hydrogen (secondary N) is 1. The molecular weight excluding hydrogens is 356 g/mol. The van der Waals surface area contributed by atoms with E-state index in [0.717, 1.165) is 35.1 Å². The van der Waals surface area contributed by atoms with Gasteiger partial charge >= 0.3 is 0 Å². The Morgan fingerprint density at radius 3 is 2.85 bits per heavy atom. The molecule has 0 spiro atoms. The van der Waals surface area contributed by atoms with Gasteiger partial charge in [-0.15, -0.1) is 11.3 Å². The van der Waals surface area contributed by atoms with Crippen molar-refractivity contribution in [1.82, 2.24) is 14.3 Å². The van der Waals surface area contributed by atoms with Gasteiger partial charge in [0, 0.05) is 42.0 Å². The number of thiazole rings is 1. The predicted molar refractivity (Wildman–Crippen MR) is 111 cm³/mol. The van der Waals surface area contributed by atoms with Crippen LogP contribution in [0.15, 0.2) is 34.4 Å². The Kier molecular flexibility index (Phi) is 4.78. The van der Waals surface area contributed by atoms with Crippen LogP contribution in [-0.2, 0) is 19.6 Å². The molecule has 0 aliphatic carbocycles. The van der Waals surface area contributed by atoms with Gasteiger partial charge < -0.3 is 5.32 Å². The summed E-state index contributed by atoms with van der Waals surface area (Å²) in [5, 5.41) is 5.48. The largest absolute Gasteiger partial charge is 0.379 e. The van der Waals surface area contributed by atoms with E-state index in [0.29, 0.717) is 18.5 Å². The summed E-state index contributed by atoms with van der Waals surface area (Å²) in [6.07, 6.45) is 0. The fraction of sp³-hybridized carbons (Fsp3) is 0.429. The Morgan fingerprint density at radius 1 is 1.26 bits per heavy atom. The van der Waals surface area contributed by atoms with Crippen LogP contribution in [0.2, 0.25) is 0 Å². The smallest absolute Gasteiger partial charge is 0.259 e. The molecule has 1 aliphatic rings. The van der Waals surface area contributed by atoms with Gasteiger partial charge in [-0.3, -0.25) is 14.1 Å². The molecule has 1 N–H and O–H groups in total. The van der Waals surface area contributed by atoms with E-state index in [1.165, 1.54) is 22.5 Å². The first-order valence-electron chi connectivity index (χ1n) is 9.49. The van der Waals surface area contributed by atoms with E-state index in [1.807, 2.05) is 12.3 Å². The Hall–Kier alpha value is -2.18. The van der Waals surface area contributed by atoms with Crippen molar-refractivity contribution in [2.45, 2.75) is 53.4 Å². The molecule has 3 heterocycles. The highest BCUT2D eigenvalue weighted by molar-refractivity contribution is 7.15. The zero-order valence-electron chi connectivity index (χ0n) is 16.3. The minimum Gasteiger partial charge on any atom is -0.379 e. The molecule has 0 saturated carbocycles. The fourth-order valence-electron chi connectivity index (χ4n) is 3.70. The molecule has 1 aromatic carbocycles. The van der Waals surface area contributed by atoms with E-state index in [4.69, 9.17) is 0 Å². The predicted octanol–water partition coefficient (Wildman–Crippen LogP) is 4.04. The van der Waals surface area contributed by atoms with Gasteiger partial charge in [0.15, 0.2) is 4.96 Å². The maximum absolute atomic E-state index is 12.4. The van der Waals surface area contributed by atoms with E-state index in [9.17, 15) is 4.79 Å². The van der Waals surface area contributed by atoms with Crippen LogP contribution in [0.3, 0.4) is 0 Å². The van der Waals surface area contributed by atoms with Gasteiger partial charge in [0.05, 0.1) is 12.2 Å². The van der Waals surface area contributed by atoms with Crippen LogP contribution in [-0.4, -0.2) is 20.3 Å². The number of aryl methyl sites for hydroxylation is 1. The van der Waals surface area contributed by atoms with Crippen LogP contribution in [0.4, 0.5) is 5.69 Å². The molecule has 3 aromatic rings. The highest BCUT2D eigenvalue weighted by Gasteiger charge is 2.26. The number of benzene rings is 1. The van der Waals surface area contributed by atoms with E-state index in [-0.39, 0.29) is 5.56 Å².